The molecule has 0 aromatic carbocycles. The van der Waals surface area contributed by atoms with Crippen LogP contribution in [0.15, 0.2) is 36.2 Å². The number of amides is 3. The normalized spacial score (nSPS) is 22.2. The van der Waals surface area contributed by atoms with Gasteiger partial charge in [-0.1, -0.05) is 26.0 Å². The second-order valence-corrected chi connectivity index (χ2v) is 8.07. The minimum Gasteiger partial charge on any atom is -0.456 e. The summed E-state index contributed by atoms with van der Waals surface area (Å²) in [7, 11) is 0. The summed E-state index contributed by atoms with van der Waals surface area (Å²) in [4.78, 5) is 58.8. The van der Waals surface area contributed by atoms with Crippen LogP contribution in [0.5, 0.6) is 0 Å². The number of fused-ring (bicyclic) bond motifs is 2. The minimum atomic E-state index is -0.999. The van der Waals surface area contributed by atoms with Crippen molar-refractivity contribution in [2.45, 2.75) is 52.3 Å². The number of allylic oxidation sites excluding steroid dienone is 2. The molecular weight excluding hydrogens is 446 g/mol. The van der Waals surface area contributed by atoms with E-state index in [1.54, 1.807) is 39.0 Å². The molecule has 1 unspecified atom stereocenters. The first-order valence-corrected chi connectivity index (χ1v) is 11.2. The predicted molar refractivity (Wildman–Crippen MR) is 124 cm³/mol. The summed E-state index contributed by atoms with van der Waals surface area (Å²) in [6.45, 7) is 5.12. The zero-order chi connectivity index (χ0) is 24.4. The highest BCUT2D eigenvalue weighted by Gasteiger charge is 2.30. The summed E-state index contributed by atoms with van der Waals surface area (Å²) in [5, 5.41) is 7.76. The number of hydrogen-bond acceptors (Lipinski definition) is 8. The Hall–Kier alpha value is -3.21. The van der Waals surface area contributed by atoms with Gasteiger partial charge in [0.25, 0.3) is 11.8 Å². The molecule has 178 valence electrons. The van der Waals surface area contributed by atoms with Gasteiger partial charge >= 0.3 is 5.97 Å². The van der Waals surface area contributed by atoms with E-state index >= 15 is 0 Å². The Labute approximate surface area is 198 Å². The van der Waals surface area contributed by atoms with Gasteiger partial charge in [0.1, 0.15) is 17.8 Å². The Morgan fingerprint density at radius 3 is 2.67 bits per heavy atom. The van der Waals surface area contributed by atoms with Crippen LogP contribution < -0.4 is 16.0 Å². The lowest BCUT2D eigenvalue weighted by atomic mass is 10.0. The van der Waals surface area contributed by atoms with Gasteiger partial charge in [0.15, 0.2) is 0 Å². The molecule has 11 heteroatoms. The van der Waals surface area contributed by atoms with Gasteiger partial charge < -0.3 is 20.7 Å². The Balaban J connectivity index is 2.39. The standard InChI is InChI=1S/C22H29N5O5S/c1-4-16-20(29)27-18(13(2)3)22(31)32-15(7-5-6-10-33)11-17(28)24-12-14-8-9-23-19(25-14)21(30)26-16/h4-5,7-9,13,15,18,33H,6,10-12H2,1-3H3,(H,24,28)(H,26,30)(H,27,29)/b7-5+,16-4-/t15-,18?/m1/s1. The third-order valence-electron chi connectivity index (χ3n) is 4.67. The van der Waals surface area contributed by atoms with Crippen molar-refractivity contribution in [3.63, 3.8) is 0 Å². The van der Waals surface area contributed by atoms with Crippen LogP contribution in [0.2, 0.25) is 0 Å². The van der Waals surface area contributed by atoms with Gasteiger partial charge in [0.2, 0.25) is 11.7 Å². The second-order valence-electron chi connectivity index (χ2n) is 7.62. The van der Waals surface area contributed by atoms with Crippen LogP contribution in [0.3, 0.4) is 0 Å². The maximum Gasteiger partial charge on any atom is 0.329 e. The van der Waals surface area contributed by atoms with Crippen molar-refractivity contribution >= 4 is 36.3 Å². The van der Waals surface area contributed by atoms with Crippen LogP contribution in [0, 0.1) is 5.92 Å². The van der Waals surface area contributed by atoms with Gasteiger partial charge in [-0.3, -0.25) is 14.4 Å². The number of nitrogens with zero attached hydrogens (tertiary/aromatic N) is 2. The number of cyclic esters (lactones) is 1. The van der Waals surface area contributed by atoms with Gasteiger partial charge in [0.05, 0.1) is 18.7 Å². The molecule has 0 aliphatic carbocycles. The van der Waals surface area contributed by atoms with Crippen molar-refractivity contribution in [3.8, 4) is 0 Å². The summed E-state index contributed by atoms with van der Waals surface area (Å²) in [6.07, 6.45) is 5.90. The molecule has 3 amide bonds. The molecule has 33 heavy (non-hydrogen) atoms. The molecule has 0 saturated carbocycles. The van der Waals surface area contributed by atoms with E-state index in [2.05, 4.69) is 38.5 Å². The fourth-order valence-corrected chi connectivity index (χ4v) is 3.05. The van der Waals surface area contributed by atoms with Crippen LogP contribution in [0.25, 0.3) is 0 Å². The largest absolute Gasteiger partial charge is 0.456 e. The van der Waals surface area contributed by atoms with Crippen LogP contribution in [-0.2, 0) is 25.7 Å². The highest BCUT2D eigenvalue weighted by atomic mass is 32.1. The van der Waals surface area contributed by atoms with E-state index in [-0.39, 0.29) is 36.3 Å². The monoisotopic (exact) mass is 475 g/mol. The molecule has 1 aliphatic heterocycles. The molecule has 2 rings (SSSR count). The number of ether oxygens (including phenoxy) is 1. The molecule has 10 nitrogen and oxygen atoms in total. The van der Waals surface area contributed by atoms with Crippen LogP contribution in [0.1, 0.15) is 49.9 Å². The minimum absolute atomic E-state index is 0.0498. The Bertz CT molecular complexity index is 947. The Morgan fingerprint density at radius 1 is 1.24 bits per heavy atom. The predicted octanol–water partition coefficient (Wildman–Crippen LogP) is 1.06. The van der Waals surface area contributed by atoms with Crippen molar-refractivity contribution < 1.29 is 23.9 Å². The first-order chi connectivity index (χ1) is 15.7. The SMILES string of the molecule is C/C=C1\NC(=O)c2nccc(n2)CNC(=O)C[C@@H](/C=C/CCS)OC(=O)C(C(C)C)NC1=O. The van der Waals surface area contributed by atoms with Crippen molar-refractivity contribution in [3.05, 3.63) is 47.7 Å². The summed E-state index contributed by atoms with van der Waals surface area (Å²) >= 11 is 4.15. The summed E-state index contributed by atoms with van der Waals surface area (Å²) < 4.78 is 5.57. The summed E-state index contributed by atoms with van der Waals surface area (Å²) in [5.74, 6) is -2.29. The molecule has 2 bridgehead atoms. The van der Waals surface area contributed by atoms with E-state index < -0.39 is 29.9 Å². The molecule has 2 atom stereocenters. The third kappa shape index (κ3) is 8.01. The summed E-state index contributed by atoms with van der Waals surface area (Å²) in [5.41, 5.74) is 0.346. The first-order valence-electron chi connectivity index (χ1n) is 10.6. The maximum absolute atomic E-state index is 12.9. The number of rotatable bonds is 4. The molecule has 1 aromatic rings. The van der Waals surface area contributed by atoms with Crippen molar-refractivity contribution in [1.82, 2.24) is 25.9 Å². The quantitative estimate of drug-likeness (QED) is 0.221. The van der Waals surface area contributed by atoms with Crippen LogP contribution >= 0.6 is 12.6 Å². The molecule has 2 heterocycles. The van der Waals surface area contributed by atoms with E-state index in [0.29, 0.717) is 17.9 Å². The average molecular weight is 476 g/mol. The maximum atomic E-state index is 12.9. The highest BCUT2D eigenvalue weighted by molar-refractivity contribution is 7.80. The van der Waals surface area contributed by atoms with Gasteiger partial charge in [-0.05, 0) is 37.2 Å². The lowest BCUT2D eigenvalue weighted by molar-refractivity contribution is -0.153. The summed E-state index contributed by atoms with van der Waals surface area (Å²) in [6, 6.07) is 0.557. The Kier molecular flexibility index (Phi) is 10.0. The number of carbonyl (C=O) groups is 4. The second kappa shape index (κ2) is 12.7. The fraction of sp³-hybridized carbons (Fsp3) is 0.455. The number of esters is 1. The average Bonchev–Trinajstić information content (AvgIpc) is 2.78. The zero-order valence-electron chi connectivity index (χ0n) is 18.8. The smallest absolute Gasteiger partial charge is 0.329 e. The molecule has 3 N–H and O–H groups in total. The lowest BCUT2D eigenvalue weighted by Crippen LogP contribution is -2.48. The van der Waals surface area contributed by atoms with E-state index in [1.807, 2.05) is 0 Å². The topological polar surface area (TPSA) is 139 Å². The molecule has 0 fully saturated rings. The van der Waals surface area contributed by atoms with E-state index in [9.17, 15) is 19.2 Å². The zero-order valence-corrected chi connectivity index (χ0v) is 19.7. The number of carbonyl (C=O) groups excluding carboxylic acids is 4. The molecule has 0 radical (unpaired) electrons. The Morgan fingerprint density at radius 2 is 2.00 bits per heavy atom. The van der Waals surface area contributed by atoms with E-state index in [1.165, 1.54) is 12.3 Å². The molecule has 1 aliphatic rings. The van der Waals surface area contributed by atoms with Crippen LogP contribution in [0.4, 0.5) is 0 Å². The van der Waals surface area contributed by atoms with Crippen molar-refractivity contribution in [2.75, 3.05) is 5.75 Å². The van der Waals surface area contributed by atoms with E-state index in [4.69, 9.17) is 4.74 Å². The lowest BCUT2D eigenvalue weighted by Gasteiger charge is -2.24. The molecule has 0 saturated heterocycles. The van der Waals surface area contributed by atoms with Gasteiger partial charge in [-0.25, -0.2) is 14.8 Å². The van der Waals surface area contributed by atoms with E-state index in [0.717, 1.165) is 0 Å². The first kappa shape index (κ1) is 26.0. The fourth-order valence-electron chi connectivity index (χ4n) is 2.90. The third-order valence-corrected chi connectivity index (χ3v) is 4.93. The van der Waals surface area contributed by atoms with Gasteiger partial charge in [-0.15, -0.1) is 0 Å². The number of aromatic nitrogens is 2. The van der Waals surface area contributed by atoms with Crippen LogP contribution in [-0.4, -0.2) is 51.6 Å². The number of hydrogen-bond donors (Lipinski definition) is 4. The molecule has 0 spiro atoms. The van der Waals surface area contributed by atoms with Crippen molar-refractivity contribution in [2.24, 2.45) is 5.92 Å². The molecule has 1 aromatic heterocycles. The highest BCUT2D eigenvalue weighted by Crippen LogP contribution is 2.11. The van der Waals surface area contributed by atoms with Gasteiger partial charge in [-0.2, -0.15) is 12.6 Å². The van der Waals surface area contributed by atoms with Gasteiger partial charge in [0, 0.05) is 6.20 Å². The molecular formula is C22H29N5O5S. The van der Waals surface area contributed by atoms with Crippen molar-refractivity contribution in [1.29, 1.82) is 0 Å². The number of thiol groups is 1. The number of nitrogens with one attached hydrogen (secondary N) is 3.